The number of rotatable bonds is 3. The first-order chi connectivity index (χ1) is 6.33. The predicted octanol–water partition coefficient (Wildman–Crippen LogP) is 2.80. The largest absolute Gasteiger partial charge is 0.388 e. The summed E-state index contributed by atoms with van der Waals surface area (Å²) < 4.78 is 0. The van der Waals surface area contributed by atoms with Gasteiger partial charge in [-0.3, -0.25) is 0 Å². The number of hydrogen-bond donors (Lipinski definition) is 2. The SMILES string of the molecule is C/C=C\c1c(NC)cccc1NC. The van der Waals surface area contributed by atoms with Crippen LogP contribution in [0.3, 0.4) is 0 Å². The molecule has 13 heavy (non-hydrogen) atoms. The fourth-order valence-corrected chi connectivity index (χ4v) is 1.35. The van der Waals surface area contributed by atoms with Gasteiger partial charge in [0.05, 0.1) is 0 Å². The molecule has 0 radical (unpaired) electrons. The topological polar surface area (TPSA) is 24.1 Å². The second kappa shape index (κ2) is 4.55. The molecule has 0 amide bonds. The lowest BCUT2D eigenvalue weighted by atomic mass is 10.1. The zero-order valence-corrected chi connectivity index (χ0v) is 8.39. The number of hydrogen-bond acceptors (Lipinski definition) is 2. The average molecular weight is 176 g/mol. The Morgan fingerprint density at radius 1 is 1.08 bits per heavy atom. The van der Waals surface area contributed by atoms with Gasteiger partial charge in [-0.25, -0.2) is 0 Å². The highest BCUT2D eigenvalue weighted by Crippen LogP contribution is 2.25. The van der Waals surface area contributed by atoms with Crippen molar-refractivity contribution in [3.8, 4) is 0 Å². The monoisotopic (exact) mass is 176 g/mol. The Morgan fingerprint density at radius 3 is 2.00 bits per heavy atom. The molecule has 0 aliphatic rings. The van der Waals surface area contributed by atoms with Gasteiger partial charge in [0.15, 0.2) is 0 Å². The maximum Gasteiger partial charge on any atom is 0.0432 e. The van der Waals surface area contributed by atoms with Gasteiger partial charge in [0, 0.05) is 31.0 Å². The molecule has 2 nitrogen and oxygen atoms in total. The molecule has 0 bridgehead atoms. The number of nitrogens with one attached hydrogen (secondary N) is 2. The van der Waals surface area contributed by atoms with Gasteiger partial charge >= 0.3 is 0 Å². The van der Waals surface area contributed by atoms with Crippen LogP contribution < -0.4 is 10.6 Å². The lowest BCUT2D eigenvalue weighted by molar-refractivity contribution is 1.45. The van der Waals surface area contributed by atoms with Crippen LogP contribution in [0.1, 0.15) is 12.5 Å². The molecule has 70 valence electrons. The Labute approximate surface area is 79.7 Å². The highest BCUT2D eigenvalue weighted by atomic mass is 14.9. The van der Waals surface area contributed by atoms with Crippen molar-refractivity contribution >= 4 is 17.5 Å². The van der Waals surface area contributed by atoms with E-state index < -0.39 is 0 Å². The quantitative estimate of drug-likeness (QED) is 0.740. The summed E-state index contributed by atoms with van der Waals surface area (Å²) in [6.07, 6.45) is 4.13. The normalized spacial score (nSPS) is 10.4. The minimum absolute atomic E-state index is 1.14. The van der Waals surface area contributed by atoms with Gasteiger partial charge in [0.1, 0.15) is 0 Å². The van der Waals surface area contributed by atoms with Crippen LogP contribution >= 0.6 is 0 Å². The molecule has 2 heteroatoms. The van der Waals surface area contributed by atoms with Crippen LogP contribution in [0, 0.1) is 0 Å². The minimum atomic E-state index is 1.14. The third-order valence-corrected chi connectivity index (χ3v) is 1.98. The summed E-state index contributed by atoms with van der Waals surface area (Å²) in [6, 6.07) is 6.16. The van der Waals surface area contributed by atoms with Crippen LogP contribution in [0.15, 0.2) is 24.3 Å². The number of anilines is 2. The molecule has 0 fully saturated rings. The molecule has 1 rings (SSSR count). The molecule has 0 unspecified atom stereocenters. The number of allylic oxidation sites excluding steroid dienone is 1. The molecule has 1 aromatic carbocycles. The summed E-state index contributed by atoms with van der Waals surface area (Å²) in [7, 11) is 3.86. The van der Waals surface area contributed by atoms with Crippen molar-refractivity contribution in [3.63, 3.8) is 0 Å². The molecule has 0 saturated heterocycles. The molecule has 0 atom stereocenters. The van der Waals surface area contributed by atoms with E-state index in [2.05, 4.69) is 28.8 Å². The molecule has 0 aromatic heterocycles. The summed E-state index contributed by atoms with van der Waals surface area (Å²) in [4.78, 5) is 0. The third kappa shape index (κ3) is 2.02. The van der Waals surface area contributed by atoms with Crippen LogP contribution in [0.25, 0.3) is 6.08 Å². The average Bonchev–Trinajstić information content (AvgIpc) is 2.18. The van der Waals surface area contributed by atoms with E-state index in [0.717, 1.165) is 11.4 Å². The van der Waals surface area contributed by atoms with E-state index in [0.29, 0.717) is 0 Å². The van der Waals surface area contributed by atoms with Gasteiger partial charge in [-0.15, -0.1) is 0 Å². The summed E-state index contributed by atoms with van der Waals surface area (Å²) in [6.45, 7) is 2.02. The van der Waals surface area contributed by atoms with Crippen molar-refractivity contribution in [2.45, 2.75) is 6.92 Å². The molecule has 0 heterocycles. The molecule has 0 aliphatic heterocycles. The Hall–Kier alpha value is -1.44. The van der Waals surface area contributed by atoms with Crippen molar-refractivity contribution in [1.82, 2.24) is 0 Å². The first kappa shape index (κ1) is 9.65. The van der Waals surface area contributed by atoms with Crippen molar-refractivity contribution in [2.24, 2.45) is 0 Å². The van der Waals surface area contributed by atoms with E-state index in [9.17, 15) is 0 Å². The van der Waals surface area contributed by atoms with Crippen LogP contribution in [-0.2, 0) is 0 Å². The zero-order valence-electron chi connectivity index (χ0n) is 8.39. The first-order valence-corrected chi connectivity index (χ1v) is 4.44. The highest BCUT2D eigenvalue weighted by molar-refractivity contribution is 5.77. The first-order valence-electron chi connectivity index (χ1n) is 4.44. The molecular formula is C11H16N2. The van der Waals surface area contributed by atoms with Gasteiger partial charge in [0.2, 0.25) is 0 Å². The van der Waals surface area contributed by atoms with Crippen LogP contribution in [0.5, 0.6) is 0 Å². The Bertz CT molecular complexity index is 281. The van der Waals surface area contributed by atoms with Gasteiger partial charge in [-0.1, -0.05) is 18.2 Å². The summed E-state index contributed by atoms with van der Waals surface area (Å²) in [5, 5.41) is 6.33. The third-order valence-electron chi connectivity index (χ3n) is 1.98. The minimum Gasteiger partial charge on any atom is -0.388 e. The van der Waals surface area contributed by atoms with E-state index in [1.807, 2.05) is 33.2 Å². The fraction of sp³-hybridized carbons (Fsp3) is 0.273. The van der Waals surface area contributed by atoms with Gasteiger partial charge in [-0.05, 0) is 19.1 Å². The van der Waals surface area contributed by atoms with Crippen molar-refractivity contribution in [3.05, 3.63) is 29.8 Å². The summed E-state index contributed by atoms with van der Waals surface area (Å²) >= 11 is 0. The molecular weight excluding hydrogens is 160 g/mol. The molecule has 0 saturated carbocycles. The van der Waals surface area contributed by atoms with E-state index in [4.69, 9.17) is 0 Å². The number of benzene rings is 1. The maximum atomic E-state index is 3.16. The van der Waals surface area contributed by atoms with E-state index in [1.165, 1.54) is 5.56 Å². The summed E-state index contributed by atoms with van der Waals surface area (Å²) in [5.74, 6) is 0. The van der Waals surface area contributed by atoms with E-state index in [-0.39, 0.29) is 0 Å². The Balaban J connectivity index is 3.21. The lowest BCUT2D eigenvalue weighted by Gasteiger charge is -2.10. The van der Waals surface area contributed by atoms with E-state index in [1.54, 1.807) is 0 Å². The van der Waals surface area contributed by atoms with E-state index >= 15 is 0 Å². The van der Waals surface area contributed by atoms with Crippen molar-refractivity contribution in [1.29, 1.82) is 0 Å². The molecule has 0 aliphatic carbocycles. The van der Waals surface area contributed by atoms with Crippen molar-refractivity contribution in [2.75, 3.05) is 24.7 Å². The van der Waals surface area contributed by atoms with Crippen LogP contribution in [0.4, 0.5) is 11.4 Å². The van der Waals surface area contributed by atoms with Crippen LogP contribution in [0.2, 0.25) is 0 Å². The highest BCUT2D eigenvalue weighted by Gasteiger charge is 2.01. The van der Waals surface area contributed by atoms with Gasteiger partial charge < -0.3 is 10.6 Å². The van der Waals surface area contributed by atoms with Gasteiger partial charge in [0.25, 0.3) is 0 Å². The smallest absolute Gasteiger partial charge is 0.0432 e. The Kier molecular flexibility index (Phi) is 3.38. The standard InChI is InChI=1S/C11H16N2/c1-4-6-9-10(12-2)7-5-8-11(9)13-3/h4-8,12-13H,1-3H3/b6-4-. The van der Waals surface area contributed by atoms with Crippen molar-refractivity contribution < 1.29 is 0 Å². The second-order valence-electron chi connectivity index (χ2n) is 2.77. The molecule has 0 spiro atoms. The summed E-state index contributed by atoms with van der Waals surface area (Å²) in [5.41, 5.74) is 3.49. The lowest BCUT2D eigenvalue weighted by Crippen LogP contribution is -1.96. The van der Waals surface area contributed by atoms with Gasteiger partial charge in [-0.2, -0.15) is 0 Å². The second-order valence-corrected chi connectivity index (χ2v) is 2.77. The Morgan fingerprint density at radius 2 is 1.62 bits per heavy atom. The zero-order chi connectivity index (χ0) is 9.68. The maximum absolute atomic E-state index is 3.16. The van der Waals surface area contributed by atoms with Crippen LogP contribution in [-0.4, -0.2) is 14.1 Å². The predicted molar refractivity (Wildman–Crippen MR) is 60.2 cm³/mol. The molecule has 2 N–H and O–H groups in total. The fourth-order valence-electron chi connectivity index (χ4n) is 1.35. The molecule has 1 aromatic rings.